The van der Waals surface area contributed by atoms with Gasteiger partial charge in [-0.3, -0.25) is 4.79 Å². The van der Waals surface area contributed by atoms with Crippen molar-refractivity contribution >= 4 is 29.0 Å². The van der Waals surface area contributed by atoms with Crippen molar-refractivity contribution in [1.29, 1.82) is 0 Å². The van der Waals surface area contributed by atoms with Gasteiger partial charge < -0.3 is 0 Å². The second-order valence-electron chi connectivity index (χ2n) is 5.04. The van der Waals surface area contributed by atoms with Crippen LogP contribution in [0.5, 0.6) is 0 Å². The number of Topliss-reactive ketones (excluding diaryl/α,β-unsaturated/α-hetero) is 1. The molecule has 0 saturated heterocycles. The maximum Gasteiger partial charge on any atom is 0.167 e. The molecule has 2 aromatic rings. The number of ketones is 1. The first-order chi connectivity index (χ1) is 10.0. The van der Waals surface area contributed by atoms with Crippen LogP contribution in [0.4, 0.5) is 0 Å². The van der Waals surface area contributed by atoms with Gasteiger partial charge in [-0.15, -0.1) is 0 Å². The number of aryl methyl sites for hydroxylation is 2. The van der Waals surface area contributed by atoms with Crippen molar-refractivity contribution in [3.8, 4) is 0 Å². The Hall–Kier alpha value is -1.31. The molecular weight excluding hydrogens is 303 g/mol. The molecule has 0 aliphatic heterocycles. The second kappa shape index (κ2) is 7.11. The molecule has 0 fully saturated rings. The van der Waals surface area contributed by atoms with Crippen LogP contribution in [0.15, 0.2) is 36.4 Å². The molecule has 0 spiro atoms. The van der Waals surface area contributed by atoms with Crippen LogP contribution < -0.4 is 0 Å². The average Bonchev–Trinajstić information content (AvgIpc) is 2.50. The van der Waals surface area contributed by atoms with Crippen molar-refractivity contribution in [2.24, 2.45) is 0 Å². The Morgan fingerprint density at radius 1 is 0.905 bits per heavy atom. The monoisotopic (exact) mass is 320 g/mol. The Kier molecular flexibility index (Phi) is 5.44. The Morgan fingerprint density at radius 2 is 1.62 bits per heavy atom. The minimum Gasteiger partial charge on any atom is -0.294 e. The van der Waals surface area contributed by atoms with E-state index in [1.165, 1.54) is 11.1 Å². The van der Waals surface area contributed by atoms with Crippen molar-refractivity contribution in [3.63, 3.8) is 0 Å². The fraction of sp³-hybridized carbons (Fsp3) is 0.278. The molecule has 0 amide bonds. The predicted octanol–water partition coefficient (Wildman–Crippen LogP) is 5.54. The van der Waals surface area contributed by atoms with E-state index in [1.807, 2.05) is 18.2 Å². The molecule has 0 bridgehead atoms. The smallest absolute Gasteiger partial charge is 0.167 e. The van der Waals surface area contributed by atoms with Crippen molar-refractivity contribution in [2.75, 3.05) is 0 Å². The highest BCUT2D eigenvalue weighted by Gasteiger charge is 2.10. The van der Waals surface area contributed by atoms with Gasteiger partial charge >= 0.3 is 0 Å². The lowest BCUT2D eigenvalue weighted by Crippen LogP contribution is -2.05. The summed E-state index contributed by atoms with van der Waals surface area (Å²) >= 11 is 11.9. The van der Waals surface area contributed by atoms with E-state index in [4.69, 9.17) is 23.2 Å². The summed E-state index contributed by atoms with van der Waals surface area (Å²) in [6.45, 7) is 4.24. The van der Waals surface area contributed by atoms with Gasteiger partial charge in [0.05, 0.1) is 10.0 Å². The third-order valence-electron chi connectivity index (χ3n) is 3.64. The normalized spacial score (nSPS) is 10.7. The van der Waals surface area contributed by atoms with Gasteiger partial charge in [0, 0.05) is 12.0 Å². The Labute approximate surface area is 135 Å². The first-order valence-electron chi connectivity index (χ1n) is 7.14. The molecule has 2 aromatic carbocycles. The Bertz CT molecular complexity index is 662. The number of hydrogen-bond donors (Lipinski definition) is 0. The van der Waals surface area contributed by atoms with E-state index in [9.17, 15) is 4.79 Å². The van der Waals surface area contributed by atoms with Crippen LogP contribution in [0.1, 0.15) is 40.9 Å². The zero-order valence-electron chi connectivity index (χ0n) is 12.2. The van der Waals surface area contributed by atoms with E-state index in [1.54, 1.807) is 12.1 Å². The van der Waals surface area contributed by atoms with Crippen molar-refractivity contribution in [1.82, 2.24) is 0 Å². The highest BCUT2D eigenvalue weighted by molar-refractivity contribution is 6.42. The van der Waals surface area contributed by atoms with E-state index in [0.29, 0.717) is 16.5 Å². The first kappa shape index (κ1) is 16.1. The molecule has 0 aliphatic carbocycles. The molecule has 0 aromatic heterocycles. The van der Waals surface area contributed by atoms with Crippen LogP contribution in [-0.4, -0.2) is 5.78 Å². The molecule has 0 unspecified atom stereocenters. The van der Waals surface area contributed by atoms with Crippen LogP contribution in [0.3, 0.4) is 0 Å². The quantitative estimate of drug-likeness (QED) is 0.660. The molecule has 0 heterocycles. The highest BCUT2D eigenvalue weighted by atomic mass is 35.5. The minimum absolute atomic E-state index is 0.103. The molecular formula is C18H18Cl2O. The summed E-state index contributed by atoms with van der Waals surface area (Å²) < 4.78 is 0. The van der Waals surface area contributed by atoms with Gasteiger partial charge in [0.25, 0.3) is 0 Å². The lowest BCUT2D eigenvalue weighted by Gasteiger charge is -2.09. The highest BCUT2D eigenvalue weighted by Crippen LogP contribution is 2.23. The zero-order chi connectivity index (χ0) is 15.4. The van der Waals surface area contributed by atoms with E-state index >= 15 is 0 Å². The van der Waals surface area contributed by atoms with Gasteiger partial charge in [0.2, 0.25) is 0 Å². The number of carbonyl (C=O) groups excluding carboxylic acids is 1. The summed E-state index contributed by atoms with van der Waals surface area (Å²) in [6.07, 6.45) is 2.27. The maximum absolute atomic E-state index is 12.4. The van der Waals surface area contributed by atoms with Gasteiger partial charge in [-0.1, -0.05) is 55.2 Å². The van der Waals surface area contributed by atoms with E-state index < -0.39 is 0 Å². The molecule has 0 atom stereocenters. The van der Waals surface area contributed by atoms with E-state index in [2.05, 4.69) is 19.9 Å². The van der Waals surface area contributed by atoms with Gasteiger partial charge in [-0.2, -0.15) is 0 Å². The van der Waals surface area contributed by atoms with Crippen LogP contribution in [0.2, 0.25) is 10.0 Å². The predicted molar refractivity (Wildman–Crippen MR) is 89.7 cm³/mol. The van der Waals surface area contributed by atoms with E-state index in [-0.39, 0.29) is 5.78 Å². The van der Waals surface area contributed by atoms with Crippen molar-refractivity contribution in [2.45, 2.75) is 33.1 Å². The third kappa shape index (κ3) is 3.87. The first-order valence-corrected chi connectivity index (χ1v) is 7.89. The topological polar surface area (TPSA) is 17.1 Å². The number of rotatable bonds is 5. The molecule has 0 N–H and O–H groups in total. The molecule has 3 heteroatoms. The number of carbonyl (C=O) groups is 1. The summed E-state index contributed by atoms with van der Waals surface area (Å²) in [5.74, 6) is 0.103. The van der Waals surface area contributed by atoms with Gasteiger partial charge in [0.1, 0.15) is 0 Å². The summed E-state index contributed by atoms with van der Waals surface area (Å²) in [7, 11) is 0. The van der Waals surface area contributed by atoms with E-state index in [0.717, 1.165) is 24.0 Å². The van der Waals surface area contributed by atoms with Gasteiger partial charge in [-0.25, -0.2) is 0 Å². The summed E-state index contributed by atoms with van der Waals surface area (Å²) in [5, 5.41) is 0.992. The third-order valence-corrected chi connectivity index (χ3v) is 4.38. The maximum atomic E-state index is 12.4. The van der Waals surface area contributed by atoms with Gasteiger partial charge in [0.15, 0.2) is 5.78 Å². The fourth-order valence-corrected chi connectivity index (χ4v) is 2.73. The summed E-state index contributed by atoms with van der Waals surface area (Å²) in [4.78, 5) is 12.4. The molecule has 0 radical (unpaired) electrons. The largest absolute Gasteiger partial charge is 0.294 e. The van der Waals surface area contributed by atoms with Crippen LogP contribution >= 0.6 is 23.2 Å². The standard InChI is InChI=1S/C18H18Cl2O/c1-3-13-6-7-15(11-14(13)4-2)18(21)10-12-5-8-16(19)17(20)9-12/h5-9,11H,3-4,10H2,1-2H3. The number of halogens is 2. The second-order valence-corrected chi connectivity index (χ2v) is 5.85. The summed E-state index contributed by atoms with van der Waals surface area (Å²) in [5.41, 5.74) is 4.20. The van der Waals surface area contributed by atoms with Crippen molar-refractivity contribution in [3.05, 3.63) is 68.7 Å². The number of hydrogen-bond acceptors (Lipinski definition) is 1. The molecule has 2 rings (SSSR count). The SMILES string of the molecule is CCc1ccc(C(=O)Cc2ccc(Cl)c(Cl)c2)cc1CC. The molecule has 110 valence electrons. The van der Waals surface area contributed by atoms with Crippen LogP contribution in [-0.2, 0) is 19.3 Å². The fourth-order valence-electron chi connectivity index (χ4n) is 2.41. The molecule has 21 heavy (non-hydrogen) atoms. The zero-order valence-corrected chi connectivity index (χ0v) is 13.8. The summed E-state index contributed by atoms with van der Waals surface area (Å²) in [6, 6.07) is 11.3. The lowest BCUT2D eigenvalue weighted by atomic mass is 9.96. The average molecular weight is 321 g/mol. The van der Waals surface area contributed by atoms with Gasteiger partial charge in [-0.05, 0) is 47.7 Å². The number of benzene rings is 2. The minimum atomic E-state index is 0.103. The lowest BCUT2D eigenvalue weighted by molar-refractivity contribution is 0.0993. The molecule has 0 aliphatic rings. The van der Waals surface area contributed by atoms with Crippen LogP contribution in [0.25, 0.3) is 0 Å². The van der Waals surface area contributed by atoms with Crippen LogP contribution in [0, 0.1) is 0 Å². The Morgan fingerprint density at radius 3 is 2.24 bits per heavy atom. The molecule has 1 nitrogen and oxygen atoms in total. The van der Waals surface area contributed by atoms with Crippen molar-refractivity contribution < 1.29 is 4.79 Å². The molecule has 0 saturated carbocycles. The Balaban J connectivity index is 2.21.